The number of hydrogen-bond acceptors (Lipinski definition) is 2. The maximum Gasteiger partial charge on any atom is 0.335 e. The number of benzene rings is 1. The summed E-state index contributed by atoms with van der Waals surface area (Å²) >= 11 is 6.04. The van der Waals surface area contributed by atoms with Gasteiger partial charge in [0.1, 0.15) is 0 Å². The number of aromatic carboxylic acids is 1. The lowest BCUT2D eigenvalue weighted by Gasteiger charge is -2.09. The van der Waals surface area contributed by atoms with Crippen LogP contribution in [0.3, 0.4) is 0 Å². The normalized spacial score (nSPS) is 10.4. The van der Waals surface area contributed by atoms with Crippen molar-refractivity contribution in [2.45, 2.75) is 13.5 Å². The molecule has 4 nitrogen and oxygen atoms in total. The Kier molecular flexibility index (Phi) is 3.71. The first-order valence-electron chi connectivity index (χ1n) is 5.67. The summed E-state index contributed by atoms with van der Waals surface area (Å²) in [5, 5.41) is 9.20. The Labute approximate surface area is 114 Å². The van der Waals surface area contributed by atoms with Crippen LogP contribution in [0.5, 0.6) is 0 Å². The molecule has 1 aromatic heterocycles. The molecule has 0 amide bonds. The van der Waals surface area contributed by atoms with Crippen molar-refractivity contribution >= 4 is 17.6 Å². The largest absolute Gasteiger partial charge is 0.478 e. The molecule has 2 aromatic rings. The van der Waals surface area contributed by atoms with Crippen molar-refractivity contribution in [3.63, 3.8) is 0 Å². The smallest absolute Gasteiger partial charge is 0.335 e. The molecule has 0 fully saturated rings. The maximum atomic E-state index is 11.9. The monoisotopic (exact) mass is 277 g/mol. The van der Waals surface area contributed by atoms with Gasteiger partial charge in [0.05, 0.1) is 12.1 Å². The highest BCUT2D eigenvalue weighted by atomic mass is 35.5. The van der Waals surface area contributed by atoms with Crippen LogP contribution in [0.25, 0.3) is 0 Å². The number of aryl methyl sites for hydroxylation is 1. The zero-order valence-electron chi connectivity index (χ0n) is 10.3. The predicted molar refractivity (Wildman–Crippen MR) is 73.0 cm³/mol. The molecule has 0 aliphatic heterocycles. The van der Waals surface area contributed by atoms with Gasteiger partial charge in [0.25, 0.3) is 5.56 Å². The molecule has 0 radical (unpaired) electrons. The maximum absolute atomic E-state index is 11.9. The minimum absolute atomic E-state index is 0.0825. The molecule has 0 aliphatic rings. The highest BCUT2D eigenvalue weighted by Gasteiger charge is 2.08. The van der Waals surface area contributed by atoms with Crippen LogP contribution in [0.1, 0.15) is 21.5 Å². The third-order valence-electron chi connectivity index (χ3n) is 2.85. The van der Waals surface area contributed by atoms with E-state index in [1.54, 1.807) is 31.3 Å². The number of hydrogen-bond donors (Lipinski definition) is 1. The quantitative estimate of drug-likeness (QED) is 0.938. The van der Waals surface area contributed by atoms with Gasteiger partial charge < -0.3 is 9.67 Å². The van der Waals surface area contributed by atoms with E-state index in [1.807, 2.05) is 0 Å². The van der Waals surface area contributed by atoms with Crippen molar-refractivity contribution in [1.29, 1.82) is 0 Å². The Morgan fingerprint density at radius 1 is 1.37 bits per heavy atom. The van der Waals surface area contributed by atoms with Gasteiger partial charge >= 0.3 is 5.97 Å². The molecule has 0 spiro atoms. The Morgan fingerprint density at radius 2 is 2.11 bits per heavy atom. The molecule has 1 heterocycles. The number of carboxylic acids is 1. The van der Waals surface area contributed by atoms with Crippen molar-refractivity contribution in [3.05, 3.63) is 68.6 Å². The number of carbonyl (C=O) groups is 1. The van der Waals surface area contributed by atoms with E-state index in [9.17, 15) is 9.59 Å². The van der Waals surface area contributed by atoms with Gasteiger partial charge in [-0.05, 0) is 30.7 Å². The topological polar surface area (TPSA) is 59.3 Å². The molecule has 1 aromatic carbocycles. The standard InChI is InChI=1S/C14H12ClNO3/c1-9-3-2-6-16(13(9)17)8-11-5-4-10(14(18)19)7-12(11)15/h2-7H,8H2,1H3,(H,18,19). The van der Waals surface area contributed by atoms with E-state index in [4.69, 9.17) is 16.7 Å². The first kappa shape index (κ1) is 13.4. The van der Waals surface area contributed by atoms with Crippen LogP contribution in [0.2, 0.25) is 5.02 Å². The molecular weight excluding hydrogens is 266 g/mol. The first-order valence-corrected chi connectivity index (χ1v) is 6.04. The molecule has 1 N–H and O–H groups in total. The average molecular weight is 278 g/mol. The Morgan fingerprint density at radius 3 is 2.74 bits per heavy atom. The Balaban J connectivity index is 2.36. The van der Waals surface area contributed by atoms with Crippen LogP contribution in [0, 0.1) is 6.92 Å². The van der Waals surface area contributed by atoms with Gasteiger partial charge in [-0.25, -0.2) is 4.79 Å². The number of rotatable bonds is 3. The number of nitrogens with zero attached hydrogens (tertiary/aromatic N) is 1. The molecule has 0 atom stereocenters. The third-order valence-corrected chi connectivity index (χ3v) is 3.20. The summed E-state index contributed by atoms with van der Waals surface area (Å²) in [6, 6.07) is 8.02. The summed E-state index contributed by atoms with van der Waals surface area (Å²) in [6.45, 7) is 2.06. The molecule has 2 rings (SSSR count). The van der Waals surface area contributed by atoms with E-state index in [1.165, 1.54) is 16.7 Å². The molecule has 0 bridgehead atoms. The second kappa shape index (κ2) is 5.28. The number of carboxylic acid groups (broad SMARTS) is 1. The number of halogens is 1. The minimum atomic E-state index is -1.03. The van der Waals surface area contributed by atoms with Crippen molar-refractivity contribution in [2.75, 3.05) is 0 Å². The summed E-state index contributed by atoms with van der Waals surface area (Å²) < 4.78 is 1.54. The SMILES string of the molecule is Cc1cccn(Cc2ccc(C(=O)O)cc2Cl)c1=O. The van der Waals surface area contributed by atoms with Gasteiger partial charge in [-0.15, -0.1) is 0 Å². The van der Waals surface area contributed by atoms with Gasteiger partial charge in [-0.2, -0.15) is 0 Å². The van der Waals surface area contributed by atoms with Crippen LogP contribution >= 0.6 is 11.6 Å². The summed E-state index contributed by atoms with van der Waals surface area (Å²) in [4.78, 5) is 22.7. The molecular formula is C14H12ClNO3. The van der Waals surface area contributed by atoms with E-state index in [0.29, 0.717) is 22.7 Å². The van der Waals surface area contributed by atoms with Crippen LogP contribution in [-0.2, 0) is 6.54 Å². The zero-order valence-corrected chi connectivity index (χ0v) is 11.0. The van der Waals surface area contributed by atoms with Crippen molar-refractivity contribution < 1.29 is 9.90 Å². The molecule has 19 heavy (non-hydrogen) atoms. The van der Waals surface area contributed by atoms with Gasteiger partial charge in [-0.3, -0.25) is 4.79 Å². The second-order valence-corrected chi connectivity index (χ2v) is 4.64. The minimum Gasteiger partial charge on any atom is -0.478 e. The number of pyridine rings is 1. The highest BCUT2D eigenvalue weighted by Crippen LogP contribution is 2.18. The van der Waals surface area contributed by atoms with Gasteiger partial charge in [-0.1, -0.05) is 23.7 Å². The molecule has 0 aliphatic carbocycles. The molecule has 5 heteroatoms. The predicted octanol–water partition coefficient (Wildman–Crippen LogP) is 2.56. The molecule has 0 saturated carbocycles. The van der Waals surface area contributed by atoms with Gasteiger partial charge in [0.2, 0.25) is 0 Å². The van der Waals surface area contributed by atoms with Crippen LogP contribution in [-0.4, -0.2) is 15.6 Å². The zero-order chi connectivity index (χ0) is 14.0. The second-order valence-electron chi connectivity index (χ2n) is 4.24. The van der Waals surface area contributed by atoms with E-state index in [-0.39, 0.29) is 11.1 Å². The summed E-state index contributed by atoms with van der Waals surface area (Å²) in [5.41, 5.74) is 1.41. The Bertz CT molecular complexity index is 691. The molecule has 0 saturated heterocycles. The summed E-state index contributed by atoms with van der Waals surface area (Å²) in [5.74, 6) is -1.03. The first-order chi connectivity index (χ1) is 8.99. The van der Waals surface area contributed by atoms with E-state index < -0.39 is 5.97 Å². The van der Waals surface area contributed by atoms with Crippen molar-refractivity contribution in [3.8, 4) is 0 Å². The lowest BCUT2D eigenvalue weighted by Crippen LogP contribution is -2.21. The Hall–Kier alpha value is -2.07. The van der Waals surface area contributed by atoms with Crippen molar-refractivity contribution in [2.24, 2.45) is 0 Å². The van der Waals surface area contributed by atoms with Crippen molar-refractivity contribution in [1.82, 2.24) is 4.57 Å². The van der Waals surface area contributed by atoms with E-state index >= 15 is 0 Å². The third kappa shape index (κ3) is 2.85. The fourth-order valence-corrected chi connectivity index (χ4v) is 2.01. The van der Waals surface area contributed by atoms with Crippen LogP contribution in [0.15, 0.2) is 41.3 Å². The highest BCUT2D eigenvalue weighted by molar-refractivity contribution is 6.31. The van der Waals surface area contributed by atoms with Gasteiger partial charge in [0.15, 0.2) is 0 Å². The fraction of sp³-hybridized carbons (Fsp3) is 0.143. The number of aromatic nitrogens is 1. The fourth-order valence-electron chi connectivity index (χ4n) is 1.77. The summed E-state index contributed by atoms with van der Waals surface area (Å²) in [6.07, 6.45) is 1.68. The van der Waals surface area contributed by atoms with Crippen LogP contribution < -0.4 is 5.56 Å². The van der Waals surface area contributed by atoms with E-state index in [2.05, 4.69) is 0 Å². The summed E-state index contributed by atoms with van der Waals surface area (Å²) in [7, 11) is 0. The lowest BCUT2D eigenvalue weighted by molar-refractivity contribution is 0.0697. The average Bonchev–Trinajstić information content (AvgIpc) is 2.37. The van der Waals surface area contributed by atoms with E-state index in [0.717, 1.165) is 0 Å². The molecule has 0 unspecified atom stereocenters. The van der Waals surface area contributed by atoms with Gasteiger partial charge in [0, 0.05) is 16.8 Å². The molecule has 98 valence electrons. The van der Waals surface area contributed by atoms with Crippen LogP contribution in [0.4, 0.5) is 0 Å². The lowest BCUT2D eigenvalue weighted by atomic mass is 10.1.